The minimum Gasteiger partial charge on any atom is -0.394 e. The summed E-state index contributed by atoms with van der Waals surface area (Å²) in [4.78, 5) is 12.7. The Kier molecular flexibility index (Phi) is 4.08. The lowest BCUT2D eigenvalue weighted by Gasteiger charge is -2.19. The number of aryl methyl sites for hydroxylation is 1. The van der Waals surface area contributed by atoms with Crippen LogP contribution in [0.5, 0.6) is 0 Å². The number of nitrogens with two attached hydrogens (primary N) is 1. The first-order valence-electron chi connectivity index (χ1n) is 8.19. The lowest BCUT2D eigenvalue weighted by Crippen LogP contribution is -2.33. The molecule has 26 heavy (non-hydrogen) atoms. The van der Waals surface area contributed by atoms with Crippen molar-refractivity contribution in [2.75, 3.05) is 12.3 Å². The minimum absolute atomic E-state index is 0.203. The van der Waals surface area contributed by atoms with Gasteiger partial charge in [-0.25, -0.2) is 15.0 Å². The molecule has 3 aromatic rings. The van der Waals surface area contributed by atoms with Crippen LogP contribution in [0.3, 0.4) is 0 Å². The van der Waals surface area contributed by atoms with Gasteiger partial charge >= 0.3 is 0 Å². The van der Waals surface area contributed by atoms with E-state index in [-0.39, 0.29) is 5.82 Å². The molecule has 0 spiro atoms. The van der Waals surface area contributed by atoms with Gasteiger partial charge in [-0.3, -0.25) is 4.57 Å². The molecule has 5 N–H and O–H groups in total. The molecule has 9 nitrogen and oxygen atoms in total. The van der Waals surface area contributed by atoms with Crippen LogP contribution in [0.1, 0.15) is 11.8 Å². The van der Waals surface area contributed by atoms with Crippen LogP contribution in [0.2, 0.25) is 0 Å². The van der Waals surface area contributed by atoms with Crippen LogP contribution < -0.4 is 5.73 Å². The van der Waals surface area contributed by atoms with E-state index in [1.165, 1.54) is 6.33 Å². The summed E-state index contributed by atoms with van der Waals surface area (Å²) in [6, 6.07) is 7.65. The zero-order chi connectivity index (χ0) is 18.4. The fraction of sp³-hybridized carbons (Fsp3) is 0.353. The highest BCUT2D eigenvalue weighted by molar-refractivity contribution is 5.85. The number of hydrogen-bond acceptors (Lipinski definition) is 8. The van der Waals surface area contributed by atoms with Crippen molar-refractivity contribution in [3.63, 3.8) is 0 Å². The monoisotopic (exact) mass is 357 g/mol. The van der Waals surface area contributed by atoms with E-state index in [9.17, 15) is 15.3 Å². The number of rotatable bonds is 3. The highest BCUT2D eigenvalue weighted by Crippen LogP contribution is 2.36. The van der Waals surface area contributed by atoms with Gasteiger partial charge in [0.25, 0.3) is 0 Å². The topological polar surface area (TPSA) is 140 Å². The zero-order valence-electron chi connectivity index (χ0n) is 14.0. The van der Waals surface area contributed by atoms with Crippen molar-refractivity contribution in [2.24, 2.45) is 0 Å². The summed E-state index contributed by atoms with van der Waals surface area (Å²) in [7, 11) is 0. The molecule has 1 saturated heterocycles. The van der Waals surface area contributed by atoms with Gasteiger partial charge in [0, 0.05) is 5.56 Å². The molecular formula is C17H19N5O4. The number of fused-ring (bicyclic) bond motifs is 1. The number of aromatic nitrogens is 4. The Hall–Kier alpha value is -2.59. The Morgan fingerprint density at radius 2 is 1.88 bits per heavy atom. The van der Waals surface area contributed by atoms with Crippen molar-refractivity contribution in [3.05, 3.63) is 36.2 Å². The maximum absolute atomic E-state index is 10.5. The summed E-state index contributed by atoms with van der Waals surface area (Å²) in [5.41, 5.74) is 8.54. The van der Waals surface area contributed by atoms with E-state index in [1.54, 1.807) is 4.57 Å². The van der Waals surface area contributed by atoms with Crippen molar-refractivity contribution in [3.8, 4) is 11.4 Å². The predicted molar refractivity (Wildman–Crippen MR) is 92.9 cm³/mol. The first-order valence-corrected chi connectivity index (χ1v) is 8.19. The predicted octanol–water partition coefficient (Wildman–Crippen LogP) is -0.00458. The second kappa shape index (κ2) is 6.29. The molecule has 4 rings (SSSR count). The third-order valence-electron chi connectivity index (χ3n) is 4.59. The average molecular weight is 357 g/mol. The Balaban J connectivity index is 1.93. The molecule has 3 heterocycles. The van der Waals surface area contributed by atoms with Crippen molar-refractivity contribution >= 4 is 17.0 Å². The third kappa shape index (κ3) is 2.53. The first kappa shape index (κ1) is 16.9. The summed E-state index contributed by atoms with van der Waals surface area (Å²) >= 11 is 0. The smallest absolute Gasteiger partial charge is 0.168 e. The summed E-state index contributed by atoms with van der Waals surface area (Å²) in [5.74, 6) is 0.677. The number of benzene rings is 1. The van der Waals surface area contributed by atoms with Gasteiger partial charge < -0.3 is 25.8 Å². The maximum Gasteiger partial charge on any atom is 0.168 e. The molecule has 0 bridgehead atoms. The van der Waals surface area contributed by atoms with Gasteiger partial charge in [-0.05, 0) is 6.92 Å². The van der Waals surface area contributed by atoms with Crippen molar-refractivity contribution < 1.29 is 20.1 Å². The molecule has 1 fully saturated rings. The molecule has 2 aromatic heterocycles. The number of ether oxygens (including phenoxy) is 1. The average Bonchev–Trinajstić information content (AvgIpc) is 3.15. The quantitative estimate of drug-likeness (QED) is 0.513. The van der Waals surface area contributed by atoms with Gasteiger partial charge in [-0.15, -0.1) is 0 Å². The molecular weight excluding hydrogens is 338 g/mol. The van der Waals surface area contributed by atoms with E-state index in [0.717, 1.165) is 11.1 Å². The standard InChI is InChI=1S/C17H19N5O4/c1-8-2-4-9(5-3-8)15-21-11-14(18)19-7-20-16(11)22(15)17-13(25)12(24)10(6-23)26-17/h2-5,7,10,12-13,17,23-25H,6H2,1H3,(H2,18,19,20). The fourth-order valence-electron chi connectivity index (χ4n) is 3.17. The summed E-state index contributed by atoms with van der Waals surface area (Å²) < 4.78 is 7.27. The molecule has 0 aliphatic carbocycles. The van der Waals surface area contributed by atoms with Gasteiger partial charge in [0.2, 0.25) is 0 Å². The number of nitrogens with zero attached hydrogens (tertiary/aromatic N) is 4. The van der Waals surface area contributed by atoms with Crippen LogP contribution in [0.25, 0.3) is 22.6 Å². The molecule has 1 aliphatic heterocycles. The summed E-state index contributed by atoms with van der Waals surface area (Å²) in [6.45, 7) is 1.56. The minimum atomic E-state index is -1.26. The van der Waals surface area contributed by atoms with Gasteiger partial charge in [0.15, 0.2) is 23.2 Å². The SMILES string of the molecule is Cc1ccc(-c2nc3c(N)ncnc3n2C2OC(CO)C(O)C2O)cc1. The summed E-state index contributed by atoms with van der Waals surface area (Å²) in [5, 5.41) is 30.0. The van der Waals surface area contributed by atoms with Crippen LogP contribution in [0.15, 0.2) is 30.6 Å². The second-order valence-corrected chi connectivity index (χ2v) is 6.33. The van der Waals surface area contributed by atoms with Crippen molar-refractivity contribution in [2.45, 2.75) is 31.5 Å². The normalized spacial score (nSPS) is 25.8. The summed E-state index contributed by atoms with van der Waals surface area (Å²) in [6.07, 6.45) is -3.07. The Morgan fingerprint density at radius 1 is 1.15 bits per heavy atom. The van der Waals surface area contributed by atoms with E-state index in [2.05, 4.69) is 15.0 Å². The van der Waals surface area contributed by atoms with E-state index in [0.29, 0.717) is 17.0 Å². The second-order valence-electron chi connectivity index (χ2n) is 6.33. The lowest BCUT2D eigenvalue weighted by atomic mass is 10.1. The maximum atomic E-state index is 10.5. The van der Waals surface area contributed by atoms with Gasteiger partial charge in [0.05, 0.1) is 6.61 Å². The van der Waals surface area contributed by atoms with Crippen LogP contribution >= 0.6 is 0 Å². The van der Waals surface area contributed by atoms with Crippen LogP contribution in [0, 0.1) is 6.92 Å². The number of imidazole rings is 1. The van der Waals surface area contributed by atoms with E-state index in [1.807, 2.05) is 31.2 Å². The molecule has 136 valence electrons. The van der Waals surface area contributed by atoms with Crippen LogP contribution in [-0.4, -0.2) is 59.8 Å². The molecule has 4 atom stereocenters. The Morgan fingerprint density at radius 3 is 2.54 bits per heavy atom. The molecule has 4 unspecified atom stereocenters. The molecule has 0 radical (unpaired) electrons. The third-order valence-corrected chi connectivity index (χ3v) is 4.59. The number of aliphatic hydroxyl groups is 3. The molecule has 1 aromatic carbocycles. The van der Waals surface area contributed by atoms with E-state index < -0.39 is 31.1 Å². The van der Waals surface area contributed by atoms with Crippen LogP contribution in [0.4, 0.5) is 5.82 Å². The number of aliphatic hydroxyl groups excluding tert-OH is 3. The van der Waals surface area contributed by atoms with Crippen molar-refractivity contribution in [1.82, 2.24) is 19.5 Å². The van der Waals surface area contributed by atoms with Gasteiger partial charge in [0.1, 0.15) is 30.5 Å². The van der Waals surface area contributed by atoms with E-state index in [4.69, 9.17) is 10.5 Å². The zero-order valence-corrected chi connectivity index (χ0v) is 14.0. The number of nitrogen functional groups attached to an aromatic ring is 1. The lowest BCUT2D eigenvalue weighted by molar-refractivity contribution is -0.0503. The highest BCUT2D eigenvalue weighted by Gasteiger charge is 2.45. The first-order chi connectivity index (χ1) is 12.5. The molecule has 0 saturated carbocycles. The fourth-order valence-corrected chi connectivity index (χ4v) is 3.17. The van der Waals surface area contributed by atoms with Crippen molar-refractivity contribution in [1.29, 1.82) is 0 Å². The van der Waals surface area contributed by atoms with Crippen LogP contribution in [-0.2, 0) is 4.74 Å². The molecule has 0 amide bonds. The van der Waals surface area contributed by atoms with Gasteiger partial charge in [-0.1, -0.05) is 29.8 Å². The largest absolute Gasteiger partial charge is 0.394 e. The number of hydrogen-bond donors (Lipinski definition) is 4. The number of anilines is 1. The molecule has 1 aliphatic rings. The Bertz CT molecular complexity index is 942. The van der Waals surface area contributed by atoms with Gasteiger partial charge in [-0.2, -0.15) is 0 Å². The molecule has 9 heteroatoms. The Labute approximate surface area is 148 Å². The van der Waals surface area contributed by atoms with E-state index >= 15 is 0 Å². The highest BCUT2D eigenvalue weighted by atomic mass is 16.6.